The van der Waals surface area contributed by atoms with Crippen LogP contribution in [0.4, 0.5) is 0 Å². The number of hydrogen-bond acceptors (Lipinski definition) is 3. The van der Waals surface area contributed by atoms with E-state index in [2.05, 4.69) is 6.07 Å². The summed E-state index contributed by atoms with van der Waals surface area (Å²) in [5.74, 6) is 1.94. The summed E-state index contributed by atoms with van der Waals surface area (Å²) in [5, 5.41) is 9.93. The Hall–Kier alpha value is -1.22. The van der Waals surface area contributed by atoms with Crippen molar-refractivity contribution >= 4 is 0 Å². The molecule has 0 amide bonds. The quantitative estimate of drug-likeness (QED) is 0.811. The number of rotatable bonds is 1. The largest absolute Gasteiger partial charge is 0.490 e. The number of fused-ring (bicyclic) bond motifs is 1. The van der Waals surface area contributed by atoms with Gasteiger partial charge in [0.05, 0.1) is 19.3 Å². The van der Waals surface area contributed by atoms with E-state index in [4.69, 9.17) is 9.47 Å². The van der Waals surface area contributed by atoms with Crippen molar-refractivity contribution in [3.8, 4) is 11.5 Å². The van der Waals surface area contributed by atoms with E-state index >= 15 is 0 Å². The minimum atomic E-state index is -0.195. The Morgan fingerprint density at radius 3 is 2.59 bits per heavy atom. The van der Waals surface area contributed by atoms with Gasteiger partial charge in [-0.3, -0.25) is 0 Å². The molecule has 0 radical (unpaired) electrons. The average molecular weight is 234 g/mol. The number of benzene rings is 1. The Balaban J connectivity index is 1.89. The Morgan fingerprint density at radius 1 is 1.00 bits per heavy atom. The average Bonchev–Trinajstić information content (AvgIpc) is 2.64. The van der Waals surface area contributed by atoms with Gasteiger partial charge in [0.2, 0.25) is 0 Å². The van der Waals surface area contributed by atoms with Crippen LogP contribution in [0.1, 0.15) is 37.2 Å². The predicted molar refractivity (Wildman–Crippen MR) is 64.6 cm³/mol. The van der Waals surface area contributed by atoms with Crippen molar-refractivity contribution in [2.24, 2.45) is 0 Å². The van der Waals surface area contributed by atoms with Crippen molar-refractivity contribution in [2.45, 2.75) is 37.7 Å². The molecule has 1 heterocycles. The number of aliphatic hydroxyl groups excluding tert-OH is 1. The van der Waals surface area contributed by atoms with Crippen LogP contribution >= 0.6 is 0 Å². The van der Waals surface area contributed by atoms with Crippen LogP contribution in [0.25, 0.3) is 0 Å². The van der Waals surface area contributed by atoms with Crippen LogP contribution in [0.15, 0.2) is 18.2 Å². The molecule has 1 aliphatic carbocycles. The van der Waals surface area contributed by atoms with Crippen molar-refractivity contribution in [3.05, 3.63) is 23.8 Å². The number of ether oxygens (including phenoxy) is 2. The highest BCUT2D eigenvalue weighted by Gasteiger charge is 2.27. The lowest BCUT2D eigenvalue weighted by Gasteiger charge is -2.16. The third-order valence-corrected chi connectivity index (χ3v) is 3.68. The third-order valence-electron chi connectivity index (χ3n) is 3.68. The van der Waals surface area contributed by atoms with Gasteiger partial charge >= 0.3 is 0 Å². The Morgan fingerprint density at radius 2 is 1.82 bits per heavy atom. The summed E-state index contributed by atoms with van der Waals surface area (Å²) in [6.07, 6.45) is 3.83. The van der Waals surface area contributed by atoms with Crippen LogP contribution in [0.3, 0.4) is 0 Å². The molecule has 3 rings (SSSR count). The second kappa shape index (κ2) is 4.57. The van der Waals surface area contributed by atoms with Crippen LogP contribution in [-0.2, 0) is 0 Å². The summed E-state index contributed by atoms with van der Waals surface area (Å²) in [5.41, 5.74) is 1.18. The summed E-state index contributed by atoms with van der Waals surface area (Å²) in [6.45, 7) is 1.43. The molecular weight excluding hydrogens is 216 g/mol. The van der Waals surface area contributed by atoms with E-state index < -0.39 is 0 Å². The van der Waals surface area contributed by atoms with Crippen LogP contribution in [0.5, 0.6) is 11.5 Å². The second-order valence-corrected chi connectivity index (χ2v) is 4.86. The van der Waals surface area contributed by atoms with E-state index in [0.717, 1.165) is 43.8 Å². The minimum Gasteiger partial charge on any atom is -0.490 e. The molecule has 1 aromatic carbocycles. The molecule has 2 aliphatic rings. The molecule has 1 fully saturated rings. The smallest absolute Gasteiger partial charge is 0.161 e. The van der Waals surface area contributed by atoms with E-state index in [-0.39, 0.29) is 12.0 Å². The SMILES string of the molecule is OC1CCCC1c1ccc2c(c1)OCCCO2. The summed E-state index contributed by atoms with van der Waals surface area (Å²) < 4.78 is 11.3. The minimum absolute atomic E-state index is 0.195. The molecule has 0 bridgehead atoms. The third kappa shape index (κ3) is 2.12. The predicted octanol–water partition coefficient (Wildman–Crippen LogP) is 2.48. The normalized spacial score (nSPS) is 27.8. The van der Waals surface area contributed by atoms with Crippen LogP contribution in [0.2, 0.25) is 0 Å². The second-order valence-electron chi connectivity index (χ2n) is 4.86. The van der Waals surface area contributed by atoms with Gasteiger partial charge in [-0.2, -0.15) is 0 Å². The van der Waals surface area contributed by atoms with Crippen molar-refractivity contribution in [3.63, 3.8) is 0 Å². The number of hydrogen-bond donors (Lipinski definition) is 1. The molecular formula is C14H18O3. The summed E-state index contributed by atoms with van der Waals surface area (Å²) in [7, 11) is 0. The molecule has 2 atom stereocenters. The lowest BCUT2D eigenvalue weighted by Crippen LogP contribution is -2.11. The van der Waals surface area contributed by atoms with Gasteiger partial charge in [0.15, 0.2) is 11.5 Å². The van der Waals surface area contributed by atoms with Gasteiger partial charge in [-0.25, -0.2) is 0 Å². The highest BCUT2D eigenvalue weighted by atomic mass is 16.5. The molecule has 0 aromatic heterocycles. The Bertz CT molecular complexity index is 402. The van der Waals surface area contributed by atoms with E-state index in [9.17, 15) is 5.11 Å². The lowest BCUT2D eigenvalue weighted by molar-refractivity contribution is 0.163. The molecule has 92 valence electrons. The highest BCUT2D eigenvalue weighted by Crippen LogP contribution is 2.39. The van der Waals surface area contributed by atoms with Gasteiger partial charge in [0, 0.05) is 12.3 Å². The molecule has 0 saturated heterocycles. The maximum atomic E-state index is 9.93. The van der Waals surface area contributed by atoms with Crippen molar-refractivity contribution in [2.75, 3.05) is 13.2 Å². The fourth-order valence-electron chi connectivity index (χ4n) is 2.74. The fraction of sp³-hybridized carbons (Fsp3) is 0.571. The Labute approximate surface area is 101 Å². The van der Waals surface area contributed by atoms with Gasteiger partial charge in [0.1, 0.15) is 0 Å². The first-order chi connectivity index (χ1) is 8.34. The van der Waals surface area contributed by atoms with Gasteiger partial charge in [-0.15, -0.1) is 0 Å². The zero-order valence-electron chi connectivity index (χ0n) is 9.89. The summed E-state index contributed by atoms with van der Waals surface area (Å²) in [4.78, 5) is 0. The Kier molecular flexibility index (Phi) is 2.93. The maximum absolute atomic E-state index is 9.93. The monoisotopic (exact) mass is 234 g/mol. The van der Waals surface area contributed by atoms with E-state index in [1.165, 1.54) is 5.56 Å². The summed E-state index contributed by atoms with van der Waals surface area (Å²) >= 11 is 0. The topological polar surface area (TPSA) is 38.7 Å². The molecule has 1 aliphatic heterocycles. The first-order valence-corrected chi connectivity index (χ1v) is 6.42. The van der Waals surface area contributed by atoms with Crippen LogP contribution in [0, 0.1) is 0 Å². The maximum Gasteiger partial charge on any atom is 0.161 e. The molecule has 1 N–H and O–H groups in total. The molecule has 1 saturated carbocycles. The van der Waals surface area contributed by atoms with E-state index in [0.29, 0.717) is 6.61 Å². The zero-order valence-corrected chi connectivity index (χ0v) is 9.89. The van der Waals surface area contributed by atoms with Crippen molar-refractivity contribution in [1.82, 2.24) is 0 Å². The van der Waals surface area contributed by atoms with Gasteiger partial charge in [-0.05, 0) is 30.5 Å². The highest BCUT2D eigenvalue weighted by molar-refractivity contribution is 5.44. The van der Waals surface area contributed by atoms with Crippen molar-refractivity contribution in [1.29, 1.82) is 0 Å². The van der Waals surface area contributed by atoms with Gasteiger partial charge < -0.3 is 14.6 Å². The zero-order chi connectivity index (χ0) is 11.7. The van der Waals surface area contributed by atoms with Gasteiger partial charge in [0.25, 0.3) is 0 Å². The fourth-order valence-corrected chi connectivity index (χ4v) is 2.74. The van der Waals surface area contributed by atoms with E-state index in [1.54, 1.807) is 0 Å². The molecule has 3 heteroatoms. The molecule has 2 unspecified atom stereocenters. The number of aliphatic hydroxyl groups is 1. The molecule has 17 heavy (non-hydrogen) atoms. The first-order valence-electron chi connectivity index (χ1n) is 6.42. The van der Waals surface area contributed by atoms with Crippen molar-refractivity contribution < 1.29 is 14.6 Å². The van der Waals surface area contributed by atoms with Crippen LogP contribution in [-0.4, -0.2) is 24.4 Å². The first kappa shape index (κ1) is 10.9. The van der Waals surface area contributed by atoms with Gasteiger partial charge in [-0.1, -0.05) is 12.5 Å². The van der Waals surface area contributed by atoms with Crippen LogP contribution < -0.4 is 9.47 Å². The lowest BCUT2D eigenvalue weighted by atomic mass is 9.95. The summed E-state index contributed by atoms with van der Waals surface area (Å²) in [6, 6.07) is 6.08. The molecule has 1 aromatic rings. The standard InChI is InChI=1S/C14H18O3/c15-12-4-1-3-11(12)10-5-6-13-14(9-10)17-8-2-7-16-13/h5-6,9,11-12,15H,1-4,7-8H2. The molecule has 3 nitrogen and oxygen atoms in total. The molecule has 0 spiro atoms. The van der Waals surface area contributed by atoms with E-state index in [1.807, 2.05) is 12.1 Å².